The molecule has 1 aliphatic rings. The van der Waals surface area contributed by atoms with Crippen molar-refractivity contribution in [2.24, 2.45) is 5.92 Å². The summed E-state index contributed by atoms with van der Waals surface area (Å²) in [6, 6.07) is 17.5. The van der Waals surface area contributed by atoms with Crippen LogP contribution in [0.15, 0.2) is 72.8 Å². The van der Waals surface area contributed by atoms with Crippen LogP contribution < -0.4 is 4.74 Å². The topological polar surface area (TPSA) is 180 Å². The molecule has 1 saturated heterocycles. The van der Waals surface area contributed by atoms with Crippen molar-refractivity contribution >= 4 is 23.6 Å². The number of allylic oxidation sites excluding steroid dienone is 1. The summed E-state index contributed by atoms with van der Waals surface area (Å²) in [6.07, 6.45) is -2.35. The molecule has 1 aliphatic heterocycles. The van der Waals surface area contributed by atoms with Gasteiger partial charge in [0.05, 0.1) is 11.7 Å². The second-order valence-corrected chi connectivity index (χ2v) is 10.1. The number of phenolic OH excluding ortho intramolecular Hbond substituents is 3. The summed E-state index contributed by atoms with van der Waals surface area (Å²) in [6.45, 7) is 0.914. The maximum atomic E-state index is 13.3. The number of hydrogen-bond acceptors (Lipinski definition) is 11. The van der Waals surface area contributed by atoms with E-state index in [9.17, 15) is 39.9 Å². The summed E-state index contributed by atoms with van der Waals surface area (Å²) >= 11 is 0. The molecule has 0 aliphatic carbocycles. The van der Waals surface area contributed by atoms with E-state index in [0.29, 0.717) is 12.8 Å². The van der Waals surface area contributed by atoms with Crippen LogP contribution in [0.3, 0.4) is 0 Å². The zero-order chi connectivity index (χ0) is 31.1. The van der Waals surface area contributed by atoms with Crippen LogP contribution in [-0.2, 0) is 25.5 Å². The quantitative estimate of drug-likeness (QED) is 0.126. The summed E-state index contributed by atoms with van der Waals surface area (Å²) in [5.74, 6) is -4.93. The van der Waals surface area contributed by atoms with Crippen molar-refractivity contribution in [3.63, 3.8) is 0 Å². The number of esters is 1. The minimum absolute atomic E-state index is 0.0548. The Kier molecular flexibility index (Phi) is 10.1. The van der Waals surface area contributed by atoms with Gasteiger partial charge >= 0.3 is 5.97 Å². The van der Waals surface area contributed by atoms with Crippen molar-refractivity contribution in [1.82, 2.24) is 0 Å². The van der Waals surface area contributed by atoms with Crippen molar-refractivity contribution in [1.29, 1.82) is 0 Å². The van der Waals surface area contributed by atoms with Gasteiger partial charge in [-0.2, -0.15) is 0 Å². The number of benzene rings is 3. The lowest BCUT2D eigenvalue weighted by molar-refractivity contribution is -0.253. The molecule has 0 aromatic heterocycles. The lowest BCUT2D eigenvalue weighted by Crippen LogP contribution is -2.59. The molecule has 0 radical (unpaired) electrons. The summed E-state index contributed by atoms with van der Waals surface area (Å²) < 4.78 is 17.0. The molecular formula is C32H32O11. The average molecular weight is 593 g/mol. The van der Waals surface area contributed by atoms with Gasteiger partial charge < -0.3 is 44.5 Å². The lowest BCUT2D eigenvalue weighted by atomic mass is 9.87. The van der Waals surface area contributed by atoms with Gasteiger partial charge in [0.25, 0.3) is 0 Å². The number of carbonyl (C=O) groups is 3. The molecule has 43 heavy (non-hydrogen) atoms. The molecule has 226 valence electrons. The van der Waals surface area contributed by atoms with Crippen molar-refractivity contribution < 1.29 is 54.1 Å². The zero-order valence-electron chi connectivity index (χ0n) is 23.2. The first-order valence-electron chi connectivity index (χ1n) is 13.5. The predicted octanol–water partition coefficient (Wildman–Crippen LogP) is 2.91. The Hall–Kier alpha value is -4.71. The standard InChI is InChI=1S/C32H32O11/c1-18(33)7-8-20-9-12-22(13-10-20)42-32-27(23(34)14-11-19-5-3-2-4-6-19)30(39)29(38)26(43-32)17-41-31(40)21-15-24(35)28(37)25(36)16-21/h2-6,9-16,26-27,29-30,32,35-39H,7-8,17H2,1H3/b14-11+/t26-,27-,29-,30-,32-/m1/s1. The van der Waals surface area contributed by atoms with Crippen LogP contribution in [0.1, 0.15) is 34.8 Å². The van der Waals surface area contributed by atoms with Crippen LogP contribution in [0.2, 0.25) is 0 Å². The highest BCUT2D eigenvalue weighted by atomic mass is 16.7. The third-order valence-corrected chi connectivity index (χ3v) is 6.89. The van der Waals surface area contributed by atoms with Gasteiger partial charge in [0.2, 0.25) is 6.29 Å². The normalized spacial score (nSPS) is 21.8. The van der Waals surface area contributed by atoms with E-state index in [-0.39, 0.29) is 17.1 Å². The fraction of sp³-hybridized carbons (Fsp3) is 0.281. The minimum atomic E-state index is -1.67. The highest BCUT2D eigenvalue weighted by Gasteiger charge is 2.49. The van der Waals surface area contributed by atoms with E-state index in [1.807, 2.05) is 6.07 Å². The number of ketones is 2. The van der Waals surface area contributed by atoms with Crippen molar-refractivity contribution in [3.05, 3.63) is 89.5 Å². The third kappa shape index (κ3) is 7.98. The summed E-state index contributed by atoms with van der Waals surface area (Å²) in [4.78, 5) is 37.1. The molecule has 11 heteroatoms. The minimum Gasteiger partial charge on any atom is -0.504 e. The van der Waals surface area contributed by atoms with Gasteiger partial charge in [0, 0.05) is 6.42 Å². The molecule has 4 rings (SSSR count). The van der Waals surface area contributed by atoms with E-state index in [1.165, 1.54) is 13.0 Å². The van der Waals surface area contributed by atoms with Crippen LogP contribution in [0, 0.1) is 5.92 Å². The number of aromatic hydroxyl groups is 3. The molecule has 0 unspecified atom stereocenters. The number of phenols is 3. The number of aliphatic hydroxyl groups is 2. The van der Waals surface area contributed by atoms with Gasteiger partial charge in [-0.05, 0) is 54.8 Å². The molecule has 5 atom stereocenters. The van der Waals surface area contributed by atoms with Gasteiger partial charge in [-0.3, -0.25) is 4.79 Å². The second-order valence-electron chi connectivity index (χ2n) is 10.1. The van der Waals surface area contributed by atoms with Crippen LogP contribution in [-0.4, -0.2) is 74.3 Å². The second kappa shape index (κ2) is 14.0. The summed E-state index contributed by atoms with van der Waals surface area (Å²) in [7, 11) is 0. The average Bonchev–Trinajstić information content (AvgIpc) is 2.99. The van der Waals surface area contributed by atoms with Gasteiger partial charge in [0.1, 0.15) is 36.3 Å². The van der Waals surface area contributed by atoms with Crippen molar-refractivity contribution in [2.75, 3.05) is 6.61 Å². The molecule has 1 heterocycles. The van der Waals surface area contributed by atoms with E-state index in [2.05, 4.69) is 0 Å². The summed E-state index contributed by atoms with van der Waals surface area (Å²) in [5, 5.41) is 50.7. The largest absolute Gasteiger partial charge is 0.504 e. The van der Waals surface area contributed by atoms with E-state index in [4.69, 9.17) is 14.2 Å². The Balaban J connectivity index is 1.53. The third-order valence-electron chi connectivity index (χ3n) is 6.89. The Morgan fingerprint density at radius 1 is 0.907 bits per heavy atom. The Morgan fingerprint density at radius 2 is 1.56 bits per heavy atom. The van der Waals surface area contributed by atoms with Crippen LogP contribution in [0.5, 0.6) is 23.0 Å². The predicted molar refractivity (Wildman–Crippen MR) is 152 cm³/mol. The Morgan fingerprint density at radius 3 is 2.19 bits per heavy atom. The monoisotopic (exact) mass is 592 g/mol. The first-order valence-corrected chi connectivity index (χ1v) is 13.5. The van der Waals surface area contributed by atoms with Gasteiger partial charge in [0.15, 0.2) is 23.0 Å². The first kappa shape index (κ1) is 31.2. The van der Waals surface area contributed by atoms with Crippen LogP contribution >= 0.6 is 0 Å². The lowest BCUT2D eigenvalue weighted by Gasteiger charge is -2.41. The highest BCUT2D eigenvalue weighted by Crippen LogP contribution is 2.36. The van der Waals surface area contributed by atoms with E-state index >= 15 is 0 Å². The van der Waals surface area contributed by atoms with Crippen molar-refractivity contribution in [3.8, 4) is 23.0 Å². The Bertz CT molecular complexity index is 1440. The summed E-state index contributed by atoms with van der Waals surface area (Å²) in [5.41, 5.74) is 1.32. The van der Waals surface area contributed by atoms with Crippen LogP contribution in [0.25, 0.3) is 6.08 Å². The van der Waals surface area contributed by atoms with E-state index in [1.54, 1.807) is 54.6 Å². The van der Waals surface area contributed by atoms with E-state index < -0.39 is 66.1 Å². The number of carbonyl (C=O) groups excluding carboxylic acids is 3. The fourth-order valence-corrected chi connectivity index (χ4v) is 4.48. The van der Waals surface area contributed by atoms with Gasteiger partial charge in [-0.25, -0.2) is 4.79 Å². The number of ether oxygens (including phenoxy) is 3. The number of Topliss-reactive ketones (excluding diaryl/α,β-unsaturated/α-hetero) is 1. The number of aliphatic hydroxyl groups excluding tert-OH is 2. The molecule has 0 saturated carbocycles. The number of aryl methyl sites for hydroxylation is 1. The number of hydrogen-bond donors (Lipinski definition) is 5. The van der Waals surface area contributed by atoms with Gasteiger partial charge in [-0.15, -0.1) is 0 Å². The molecule has 1 fully saturated rings. The molecule has 0 amide bonds. The maximum Gasteiger partial charge on any atom is 0.338 e. The first-order chi connectivity index (χ1) is 20.5. The Labute approximate surface area is 247 Å². The van der Waals surface area contributed by atoms with Crippen molar-refractivity contribution in [2.45, 2.75) is 44.4 Å². The molecule has 0 spiro atoms. The smallest absolute Gasteiger partial charge is 0.338 e. The SMILES string of the molecule is CC(=O)CCc1ccc(O[C@@H]2O[C@H](COC(=O)c3cc(O)c(O)c(O)c3)[C@@H](O)[C@H](O)[C@H]2C(=O)/C=C/c2ccccc2)cc1. The molecule has 3 aromatic carbocycles. The molecule has 5 N–H and O–H groups in total. The maximum absolute atomic E-state index is 13.3. The van der Waals surface area contributed by atoms with Gasteiger partial charge in [-0.1, -0.05) is 48.5 Å². The fourth-order valence-electron chi connectivity index (χ4n) is 4.48. The highest BCUT2D eigenvalue weighted by molar-refractivity contribution is 5.96. The number of rotatable bonds is 11. The van der Waals surface area contributed by atoms with Crippen LogP contribution in [0.4, 0.5) is 0 Å². The molecule has 0 bridgehead atoms. The zero-order valence-corrected chi connectivity index (χ0v) is 23.2. The van der Waals surface area contributed by atoms with E-state index in [0.717, 1.165) is 23.3 Å². The molecular weight excluding hydrogens is 560 g/mol. The molecule has 11 nitrogen and oxygen atoms in total. The molecule has 3 aromatic rings.